The van der Waals surface area contributed by atoms with Crippen molar-refractivity contribution in [2.75, 3.05) is 17.2 Å². The first-order valence-corrected chi connectivity index (χ1v) is 7.07. The van der Waals surface area contributed by atoms with Crippen molar-refractivity contribution in [1.29, 1.82) is 0 Å². The summed E-state index contributed by atoms with van der Waals surface area (Å²) < 4.78 is 0.763. The van der Waals surface area contributed by atoms with Gasteiger partial charge in [-0.05, 0) is 39.9 Å². The zero-order chi connectivity index (χ0) is 13.4. The van der Waals surface area contributed by atoms with Crippen molar-refractivity contribution in [1.82, 2.24) is 9.97 Å². The lowest BCUT2D eigenvalue weighted by atomic mass is 9.94. The molecule has 2 aromatic rings. The highest BCUT2D eigenvalue weighted by atomic mass is 79.9. The van der Waals surface area contributed by atoms with Crippen molar-refractivity contribution in [3.63, 3.8) is 0 Å². The van der Waals surface area contributed by atoms with Crippen molar-refractivity contribution in [3.05, 3.63) is 40.6 Å². The van der Waals surface area contributed by atoms with Crippen LogP contribution in [0.2, 0.25) is 0 Å². The molecule has 1 unspecified atom stereocenters. The predicted molar refractivity (Wildman–Crippen MR) is 80.5 cm³/mol. The Hall–Kier alpha value is -1.62. The van der Waals surface area contributed by atoms with Crippen LogP contribution in [0.25, 0.3) is 0 Å². The Bertz CT molecular complexity index is 614. The second-order valence-electron chi connectivity index (χ2n) is 4.95. The molecule has 1 aliphatic heterocycles. The number of rotatable bonds is 1. The van der Waals surface area contributed by atoms with Crippen LogP contribution < -0.4 is 10.6 Å². The van der Waals surface area contributed by atoms with Crippen LogP contribution in [0.5, 0.6) is 0 Å². The molecule has 1 aromatic carbocycles. The van der Waals surface area contributed by atoms with E-state index < -0.39 is 0 Å². The zero-order valence-corrected chi connectivity index (χ0v) is 12.3. The summed E-state index contributed by atoms with van der Waals surface area (Å²) in [6.45, 7) is 3.19. The Labute approximate surface area is 120 Å². The normalized spacial score (nSPS) is 18.2. The van der Waals surface area contributed by atoms with Gasteiger partial charge in [-0.25, -0.2) is 9.97 Å². The van der Waals surface area contributed by atoms with Gasteiger partial charge in [0.25, 0.3) is 0 Å². The molecule has 2 heterocycles. The number of hydrogen-bond donors (Lipinski definition) is 1. The molecule has 1 atom stereocenters. The summed E-state index contributed by atoms with van der Waals surface area (Å²) in [5.41, 5.74) is 8.42. The number of fused-ring (bicyclic) bond motifs is 1. The molecule has 0 saturated heterocycles. The minimum Gasteiger partial charge on any atom is -0.383 e. The fourth-order valence-electron chi connectivity index (χ4n) is 2.56. The summed E-state index contributed by atoms with van der Waals surface area (Å²) in [4.78, 5) is 10.6. The quantitative estimate of drug-likeness (QED) is 0.877. The van der Waals surface area contributed by atoms with Gasteiger partial charge in [-0.15, -0.1) is 0 Å². The van der Waals surface area contributed by atoms with Crippen LogP contribution in [0.4, 0.5) is 17.3 Å². The highest BCUT2D eigenvalue weighted by Crippen LogP contribution is 2.38. The Morgan fingerprint density at radius 3 is 2.95 bits per heavy atom. The smallest absolute Gasteiger partial charge is 0.152 e. The summed E-state index contributed by atoms with van der Waals surface area (Å²) >= 11 is 3.50. The van der Waals surface area contributed by atoms with E-state index in [1.54, 1.807) is 0 Å². The van der Waals surface area contributed by atoms with Gasteiger partial charge in [-0.1, -0.05) is 25.1 Å². The molecule has 19 heavy (non-hydrogen) atoms. The minimum absolute atomic E-state index is 0.473. The summed E-state index contributed by atoms with van der Waals surface area (Å²) in [5, 5.41) is 0. The minimum atomic E-state index is 0.473. The third-order valence-corrected chi connectivity index (χ3v) is 4.16. The number of nitrogens with zero attached hydrogens (tertiary/aromatic N) is 3. The first-order valence-electron chi connectivity index (χ1n) is 6.28. The fourth-order valence-corrected chi connectivity index (χ4v) is 2.98. The van der Waals surface area contributed by atoms with Gasteiger partial charge in [-0.2, -0.15) is 0 Å². The molecule has 0 fully saturated rings. The SMILES string of the molecule is CC1Cc2ccccc2N(c2ncnc(N)c2Br)C1. The van der Waals surface area contributed by atoms with Crippen molar-refractivity contribution >= 4 is 33.3 Å². The molecular formula is C14H15BrN4. The lowest BCUT2D eigenvalue weighted by molar-refractivity contribution is 0.559. The van der Waals surface area contributed by atoms with Crippen LogP contribution >= 0.6 is 15.9 Å². The summed E-state index contributed by atoms with van der Waals surface area (Å²) in [6.07, 6.45) is 2.61. The zero-order valence-electron chi connectivity index (χ0n) is 10.7. The number of hydrogen-bond acceptors (Lipinski definition) is 4. The van der Waals surface area contributed by atoms with Crippen molar-refractivity contribution in [2.24, 2.45) is 5.92 Å². The van der Waals surface area contributed by atoms with E-state index in [0.29, 0.717) is 11.7 Å². The third-order valence-electron chi connectivity index (χ3n) is 3.40. The van der Waals surface area contributed by atoms with Gasteiger partial charge in [0.15, 0.2) is 5.82 Å². The molecule has 3 rings (SSSR count). The maximum atomic E-state index is 5.86. The van der Waals surface area contributed by atoms with E-state index in [-0.39, 0.29) is 0 Å². The molecule has 0 bridgehead atoms. The van der Waals surface area contributed by atoms with Crippen LogP contribution in [-0.2, 0) is 6.42 Å². The third kappa shape index (κ3) is 2.18. The highest BCUT2D eigenvalue weighted by Gasteiger charge is 2.25. The second-order valence-corrected chi connectivity index (χ2v) is 5.74. The van der Waals surface area contributed by atoms with Crippen LogP contribution in [-0.4, -0.2) is 16.5 Å². The number of aromatic nitrogens is 2. The molecule has 2 N–H and O–H groups in total. The monoisotopic (exact) mass is 318 g/mol. The van der Waals surface area contributed by atoms with Gasteiger partial charge in [-0.3, -0.25) is 0 Å². The Kier molecular flexibility index (Phi) is 3.14. The molecule has 0 amide bonds. The number of nitrogen functional groups attached to an aromatic ring is 1. The number of benzene rings is 1. The first-order chi connectivity index (χ1) is 9.16. The van der Waals surface area contributed by atoms with Gasteiger partial charge in [0, 0.05) is 12.2 Å². The van der Waals surface area contributed by atoms with Crippen LogP contribution in [0.3, 0.4) is 0 Å². The van der Waals surface area contributed by atoms with Gasteiger partial charge >= 0.3 is 0 Å². The van der Waals surface area contributed by atoms with Gasteiger partial charge in [0.1, 0.15) is 16.6 Å². The molecule has 5 heteroatoms. The second kappa shape index (κ2) is 4.81. The van der Waals surface area contributed by atoms with Crippen molar-refractivity contribution in [3.8, 4) is 0 Å². The number of para-hydroxylation sites is 1. The van der Waals surface area contributed by atoms with E-state index in [9.17, 15) is 0 Å². The lowest BCUT2D eigenvalue weighted by Gasteiger charge is -2.34. The van der Waals surface area contributed by atoms with E-state index in [2.05, 4.69) is 62.0 Å². The number of nitrogens with two attached hydrogens (primary N) is 1. The largest absolute Gasteiger partial charge is 0.383 e. The maximum Gasteiger partial charge on any atom is 0.152 e. The predicted octanol–water partition coefficient (Wildman–Crippen LogP) is 3.15. The molecule has 1 aliphatic rings. The molecule has 1 aromatic heterocycles. The molecule has 0 saturated carbocycles. The molecule has 0 radical (unpaired) electrons. The molecular weight excluding hydrogens is 304 g/mol. The van der Waals surface area contributed by atoms with E-state index in [4.69, 9.17) is 5.73 Å². The van der Waals surface area contributed by atoms with E-state index in [1.807, 2.05) is 0 Å². The van der Waals surface area contributed by atoms with E-state index >= 15 is 0 Å². The van der Waals surface area contributed by atoms with E-state index in [1.165, 1.54) is 17.6 Å². The van der Waals surface area contributed by atoms with Crippen LogP contribution in [0, 0.1) is 5.92 Å². The molecule has 0 aliphatic carbocycles. The summed E-state index contributed by atoms with van der Waals surface area (Å²) in [5.74, 6) is 1.89. The highest BCUT2D eigenvalue weighted by molar-refractivity contribution is 9.10. The van der Waals surface area contributed by atoms with Gasteiger partial charge < -0.3 is 10.6 Å². The topological polar surface area (TPSA) is 55.0 Å². The van der Waals surface area contributed by atoms with Gasteiger partial charge in [0.2, 0.25) is 0 Å². The van der Waals surface area contributed by atoms with Crippen molar-refractivity contribution in [2.45, 2.75) is 13.3 Å². The standard InChI is InChI=1S/C14H15BrN4/c1-9-6-10-4-2-3-5-11(10)19(7-9)14-12(15)13(16)17-8-18-14/h2-5,8-9H,6-7H2,1H3,(H2,16,17,18). The first kappa shape index (κ1) is 12.4. The molecule has 0 spiro atoms. The summed E-state index contributed by atoms with van der Waals surface area (Å²) in [6, 6.07) is 8.45. The molecule has 98 valence electrons. The molecule has 4 nitrogen and oxygen atoms in total. The van der Waals surface area contributed by atoms with Gasteiger partial charge in [0.05, 0.1) is 0 Å². The Morgan fingerprint density at radius 2 is 2.11 bits per heavy atom. The fraction of sp³-hybridized carbons (Fsp3) is 0.286. The Balaban J connectivity index is 2.13. The number of halogens is 1. The lowest BCUT2D eigenvalue weighted by Crippen LogP contribution is -2.31. The number of anilines is 3. The van der Waals surface area contributed by atoms with Crippen LogP contribution in [0.1, 0.15) is 12.5 Å². The average Bonchev–Trinajstić information content (AvgIpc) is 2.41. The summed E-state index contributed by atoms with van der Waals surface area (Å²) in [7, 11) is 0. The average molecular weight is 319 g/mol. The van der Waals surface area contributed by atoms with E-state index in [0.717, 1.165) is 23.3 Å². The van der Waals surface area contributed by atoms with Crippen molar-refractivity contribution < 1.29 is 0 Å². The maximum absolute atomic E-state index is 5.86. The van der Waals surface area contributed by atoms with Crippen LogP contribution in [0.15, 0.2) is 35.1 Å². The Morgan fingerprint density at radius 1 is 1.32 bits per heavy atom.